The van der Waals surface area contributed by atoms with Crippen LogP contribution in [0.25, 0.3) is 0 Å². The van der Waals surface area contributed by atoms with Crippen molar-refractivity contribution in [2.75, 3.05) is 30.4 Å². The highest BCUT2D eigenvalue weighted by Gasteiger charge is 2.19. The Bertz CT molecular complexity index is 581. The third kappa shape index (κ3) is 5.74. The van der Waals surface area contributed by atoms with Crippen LogP contribution in [-0.2, 0) is 14.3 Å². The number of anilines is 2. The van der Waals surface area contributed by atoms with Crippen molar-refractivity contribution in [3.63, 3.8) is 0 Å². The van der Waals surface area contributed by atoms with Crippen molar-refractivity contribution in [3.05, 3.63) is 23.8 Å². The van der Waals surface area contributed by atoms with E-state index in [1.165, 1.54) is 6.92 Å². The summed E-state index contributed by atoms with van der Waals surface area (Å²) < 4.78 is 31.8. The molecule has 0 radical (unpaired) electrons. The van der Waals surface area contributed by atoms with Crippen LogP contribution in [0.2, 0.25) is 0 Å². The fraction of sp³-hybridized carbons (Fsp3) is 0.429. The SMILES string of the molecule is CC(=O)Nc1cc(F)c(F)cc1NC(=O)CC1COCCN1.Cl. The lowest BCUT2D eigenvalue weighted by Crippen LogP contribution is -2.43. The summed E-state index contributed by atoms with van der Waals surface area (Å²) >= 11 is 0. The van der Waals surface area contributed by atoms with Gasteiger partial charge in [0.15, 0.2) is 11.6 Å². The Morgan fingerprint density at radius 1 is 1.26 bits per heavy atom. The summed E-state index contributed by atoms with van der Waals surface area (Å²) in [5.74, 6) is -3.06. The molecule has 23 heavy (non-hydrogen) atoms. The van der Waals surface area contributed by atoms with E-state index in [0.717, 1.165) is 12.1 Å². The minimum Gasteiger partial charge on any atom is -0.378 e. The van der Waals surface area contributed by atoms with Crippen molar-refractivity contribution >= 4 is 35.6 Å². The molecule has 6 nitrogen and oxygen atoms in total. The van der Waals surface area contributed by atoms with E-state index in [0.29, 0.717) is 19.8 Å². The fourth-order valence-corrected chi connectivity index (χ4v) is 2.12. The second kappa shape index (κ2) is 8.76. The lowest BCUT2D eigenvalue weighted by atomic mass is 10.1. The van der Waals surface area contributed by atoms with Crippen LogP contribution in [0.15, 0.2) is 12.1 Å². The maximum absolute atomic E-state index is 13.3. The van der Waals surface area contributed by atoms with Crippen molar-refractivity contribution in [1.29, 1.82) is 0 Å². The van der Waals surface area contributed by atoms with Crippen LogP contribution in [0.1, 0.15) is 13.3 Å². The van der Waals surface area contributed by atoms with Gasteiger partial charge in [-0.15, -0.1) is 12.4 Å². The number of carbonyl (C=O) groups excluding carboxylic acids is 2. The van der Waals surface area contributed by atoms with Crippen LogP contribution in [0.3, 0.4) is 0 Å². The summed E-state index contributed by atoms with van der Waals surface area (Å²) in [6.45, 7) is 2.88. The molecular formula is C14H18ClF2N3O3. The first-order chi connectivity index (χ1) is 10.5. The molecule has 1 unspecified atom stereocenters. The van der Waals surface area contributed by atoms with Gasteiger partial charge in [0, 0.05) is 38.1 Å². The molecule has 0 bridgehead atoms. The first-order valence-corrected chi connectivity index (χ1v) is 6.83. The number of amides is 2. The highest BCUT2D eigenvalue weighted by molar-refractivity contribution is 5.99. The van der Waals surface area contributed by atoms with E-state index >= 15 is 0 Å². The molecule has 2 amide bonds. The summed E-state index contributed by atoms with van der Waals surface area (Å²) in [7, 11) is 0. The highest BCUT2D eigenvalue weighted by Crippen LogP contribution is 2.25. The maximum atomic E-state index is 13.3. The molecule has 1 atom stereocenters. The van der Waals surface area contributed by atoms with E-state index in [9.17, 15) is 18.4 Å². The van der Waals surface area contributed by atoms with Gasteiger partial charge in [-0.2, -0.15) is 0 Å². The normalized spacial score (nSPS) is 17.1. The summed E-state index contributed by atoms with van der Waals surface area (Å²) in [5.41, 5.74) is 0.0171. The average molecular weight is 350 g/mol. The van der Waals surface area contributed by atoms with E-state index in [1.807, 2.05) is 0 Å². The highest BCUT2D eigenvalue weighted by atomic mass is 35.5. The molecule has 128 valence electrons. The largest absolute Gasteiger partial charge is 0.378 e. The number of morpholine rings is 1. The van der Waals surface area contributed by atoms with Crippen LogP contribution in [0, 0.1) is 11.6 Å². The first-order valence-electron chi connectivity index (χ1n) is 6.83. The number of hydrogen-bond acceptors (Lipinski definition) is 4. The van der Waals surface area contributed by atoms with Crippen LogP contribution in [0.5, 0.6) is 0 Å². The van der Waals surface area contributed by atoms with Gasteiger partial charge in [0.25, 0.3) is 0 Å². The number of halogens is 3. The molecule has 0 aromatic heterocycles. The first kappa shape index (κ1) is 19.3. The third-order valence-corrected chi connectivity index (χ3v) is 3.08. The van der Waals surface area contributed by atoms with Crippen molar-refractivity contribution in [3.8, 4) is 0 Å². The Morgan fingerprint density at radius 3 is 2.39 bits per heavy atom. The average Bonchev–Trinajstić information content (AvgIpc) is 2.44. The molecular weight excluding hydrogens is 332 g/mol. The zero-order valence-corrected chi connectivity index (χ0v) is 13.3. The molecule has 1 aliphatic rings. The van der Waals surface area contributed by atoms with Crippen molar-refractivity contribution in [1.82, 2.24) is 5.32 Å². The van der Waals surface area contributed by atoms with E-state index < -0.39 is 17.5 Å². The standard InChI is InChI=1S/C14H17F2N3O3.ClH/c1-8(20)18-12-5-10(15)11(16)6-13(12)19-14(21)4-9-7-22-3-2-17-9;/h5-6,9,17H,2-4,7H2,1H3,(H,18,20)(H,19,21);1H. The van der Waals surface area contributed by atoms with Crippen LogP contribution < -0.4 is 16.0 Å². The van der Waals surface area contributed by atoms with Gasteiger partial charge in [-0.25, -0.2) is 8.78 Å². The van der Waals surface area contributed by atoms with Gasteiger partial charge in [0.2, 0.25) is 11.8 Å². The molecule has 0 aliphatic carbocycles. The Hall–Kier alpha value is -1.77. The molecule has 0 saturated carbocycles. The molecule has 1 saturated heterocycles. The van der Waals surface area contributed by atoms with Gasteiger partial charge in [-0.3, -0.25) is 9.59 Å². The van der Waals surface area contributed by atoms with Gasteiger partial charge in [0.1, 0.15) is 0 Å². The van der Waals surface area contributed by atoms with Crippen molar-refractivity contribution in [2.24, 2.45) is 0 Å². The maximum Gasteiger partial charge on any atom is 0.226 e. The quantitative estimate of drug-likeness (QED) is 0.772. The van der Waals surface area contributed by atoms with E-state index in [1.54, 1.807) is 0 Å². The van der Waals surface area contributed by atoms with Gasteiger partial charge < -0.3 is 20.7 Å². The molecule has 3 N–H and O–H groups in total. The Labute approximate surface area is 138 Å². The zero-order valence-electron chi connectivity index (χ0n) is 12.4. The van der Waals surface area contributed by atoms with Crippen molar-refractivity contribution in [2.45, 2.75) is 19.4 Å². The minimum atomic E-state index is -1.11. The van der Waals surface area contributed by atoms with Gasteiger partial charge in [-0.1, -0.05) is 0 Å². The summed E-state index contributed by atoms with van der Waals surface area (Å²) in [4.78, 5) is 23.1. The van der Waals surface area contributed by atoms with Gasteiger partial charge in [0.05, 0.1) is 24.6 Å². The zero-order chi connectivity index (χ0) is 16.1. The van der Waals surface area contributed by atoms with E-state index in [-0.39, 0.29) is 42.2 Å². The van der Waals surface area contributed by atoms with E-state index in [4.69, 9.17) is 4.74 Å². The van der Waals surface area contributed by atoms with Crippen LogP contribution in [-0.4, -0.2) is 37.6 Å². The number of hydrogen-bond donors (Lipinski definition) is 3. The van der Waals surface area contributed by atoms with Crippen LogP contribution >= 0.6 is 12.4 Å². The smallest absolute Gasteiger partial charge is 0.226 e. The molecule has 1 aromatic carbocycles. The topological polar surface area (TPSA) is 79.5 Å². The molecule has 1 aromatic rings. The van der Waals surface area contributed by atoms with Crippen LogP contribution in [0.4, 0.5) is 20.2 Å². The predicted molar refractivity (Wildman–Crippen MR) is 83.8 cm³/mol. The Balaban J connectivity index is 0.00000264. The fourth-order valence-electron chi connectivity index (χ4n) is 2.12. The van der Waals surface area contributed by atoms with Gasteiger partial charge >= 0.3 is 0 Å². The number of carbonyl (C=O) groups is 2. The Morgan fingerprint density at radius 2 is 1.87 bits per heavy atom. The minimum absolute atomic E-state index is 0. The second-order valence-electron chi connectivity index (χ2n) is 4.97. The summed E-state index contributed by atoms with van der Waals surface area (Å²) in [6, 6.07) is 1.53. The number of benzene rings is 1. The van der Waals surface area contributed by atoms with Crippen molar-refractivity contribution < 1.29 is 23.1 Å². The molecule has 1 fully saturated rings. The number of nitrogens with one attached hydrogen (secondary N) is 3. The summed E-state index contributed by atoms with van der Waals surface area (Å²) in [6.07, 6.45) is 0.124. The van der Waals surface area contributed by atoms with Gasteiger partial charge in [-0.05, 0) is 0 Å². The third-order valence-electron chi connectivity index (χ3n) is 3.08. The molecule has 1 heterocycles. The number of ether oxygens (including phenoxy) is 1. The number of rotatable bonds is 4. The molecule has 9 heteroatoms. The lowest BCUT2D eigenvalue weighted by Gasteiger charge is -2.23. The molecule has 2 rings (SSSR count). The Kier molecular flexibility index (Phi) is 7.34. The predicted octanol–water partition coefficient (Wildman–Crippen LogP) is 1.66. The molecule has 0 spiro atoms. The lowest BCUT2D eigenvalue weighted by molar-refractivity contribution is -0.117. The van der Waals surface area contributed by atoms with E-state index in [2.05, 4.69) is 16.0 Å². The second-order valence-corrected chi connectivity index (χ2v) is 4.97. The monoisotopic (exact) mass is 349 g/mol. The summed E-state index contributed by atoms with van der Waals surface area (Å²) in [5, 5.41) is 7.94. The molecule has 1 aliphatic heterocycles.